The zero-order chi connectivity index (χ0) is 55.0. The van der Waals surface area contributed by atoms with Gasteiger partial charge in [0, 0.05) is 45.2 Å². The lowest BCUT2D eigenvalue weighted by molar-refractivity contribution is 0.331. The van der Waals surface area contributed by atoms with E-state index in [1.165, 1.54) is 90.0 Å². The van der Waals surface area contributed by atoms with Crippen LogP contribution in [0.3, 0.4) is 0 Å². The molecule has 1 aromatic heterocycles. The monoisotopic (exact) mass is 1030 g/mol. The molecule has 0 saturated heterocycles. The molecule has 0 radical (unpaired) electrons. The second-order valence-electron chi connectivity index (χ2n) is 29.5. The largest absolute Gasteiger partial charge is 0.468 e. The first-order valence-corrected chi connectivity index (χ1v) is 29.4. The number of rotatable bonds is 5. The van der Waals surface area contributed by atoms with Crippen molar-refractivity contribution in [3.05, 3.63) is 178 Å². The Labute approximate surface area is 467 Å². The van der Waals surface area contributed by atoms with E-state index in [2.05, 4.69) is 259 Å². The van der Waals surface area contributed by atoms with Crippen molar-refractivity contribution in [3.8, 4) is 0 Å². The Bertz CT molecular complexity index is 3710. The van der Waals surface area contributed by atoms with Gasteiger partial charge < -0.3 is 19.1 Å². The molecule has 0 unspecified atom stereocenters. The van der Waals surface area contributed by atoms with Crippen molar-refractivity contribution >= 4 is 85.5 Å². The Hall–Kier alpha value is -6.46. The van der Waals surface area contributed by atoms with E-state index in [0.717, 1.165) is 71.8 Å². The molecule has 0 spiro atoms. The number of hydrogen-bond donors (Lipinski definition) is 0. The van der Waals surface area contributed by atoms with Gasteiger partial charge in [0.1, 0.15) is 5.58 Å². The molecular weight excluding hydrogens is 946 g/mol. The van der Waals surface area contributed by atoms with Crippen LogP contribution >= 0.6 is 0 Å². The highest BCUT2D eigenvalue weighted by Gasteiger charge is 2.51. The van der Waals surface area contributed by atoms with Crippen molar-refractivity contribution in [1.82, 2.24) is 0 Å². The minimum Gasteiger partial charge on any atom is -0.468 e. The van der Waals surface area contributed by atoms with E-state index in [9.17, 15) is 0 Å². The van der Waals surface area contributed by atoms with Gasteiger partial charge in [-0.1, -0.05) is 165 Å². The van der Waals surface area contributed by atoms with Gasteiger partial charge in [0.05, 0.1) is 17.0 Å². The summed E-state index contributed by atoms with van der Waals surface area (Å²) < 4.78 is 7.83. The molecule has 0 amide bonds. The zero-order valence-corrected chi connectivity index (χ0v) is 49.8. The minimum absolute atomic E-state index is 0.00701. The van der Waals surface area contributed by atoms with Gasteiger partial charge in [-0.05, 0) is 212 Å². The molecule has 0 atom stereocenters. The van der Waals surface area contributed by atoms with E-state index < -0.39 is 0 Å². The number of anilines is 9. The van der Waals surface area contributed by atoms with Crippen LogP contribution in [0.15, 0.2) is 138 Å². The second kappa shape index (κ2) is 16.8. The summed E-state index contributed by atoms with van der Waals surface area (Å²) in [5, 5.41) is 1.19. The van der Waals surface area contributed by atoms with Gasteiger partial charge in [0.25, 0.3) is 6.71 Å². The molecule has 4 nitrogen and oxygen atoms in total. The smallest absolute Gasteiger partial charge is 0.297 e. The van der Waals surface area contributed by atoms with Gasteiger partial charge in [-0.25, -0.2) is 0 Å². The summed E-state index contributed by atoms with van der Waals surface area (Å²) in [6.45, 7) is 38.8. The molecule has 3 aliphatic carbocycles. The predicted octanol–water partition coefficient (Wildman–Crippen LogP) is 18.6. The van der Waals surface area contributed by atoms with E-state index in [4.69, 9.17) is 4.42 Å². The number of hydrogen-bond acceptors (Lipinski definition) is 4. The Kier molecular flexibility index (Phi) is 11.0. The lowest BCUT2D eigenvalue weighted by Crippen LogP contribution is -2.61. The number of fused-ring (bicyclic) bond motifs is 9. The Morgan fingerprint density at radius 3 is 1.38 bits per heavy atom. The van der Waals surface area contributed by atoms with E-state index >= 15 is 0 Å². The fraction of sp³-hybridized carbons (Fsp3) is 0.397. The molecule has 78 heavy (non-hydrogen) atoms. The molecule has 5 aliphatic rings. The normalized spacial score (nSPS) is 19.5. The number of aryl methyl sites for hydroxylation is 1. The highest BCUT2D eigenvalue weighted by Crippen LogP contribution is 2.56. The maximum absolute atomic E-state index is 7.83. The summed E-state index contributed by atoms with van der Waals surface area (Å²) in [5.41, 5.74) is 26.6. The van der Waals surface area contributed by atoms with Crippen molar-refractivity contribution < 1.29 is 4.42 Å². The third-order valence-corrected chi connectivity index (χ3v) is 20.3. The maximum atomic E-state index is 7.83. The molecule has 0 saturated carbocycles. The minimum atomic E-state index is -0.192. The Morgan fingerprint density at radius 1 is 0.449 bits per heavy atom. The summed E-state index contributed by atoms with van der Waals surface area (Å²) in [4.78, 5) is 7.83. The lowest BCUT2D eigenvalue weighted by Gasteiger charge is -2.48. The quantitative estimate of drug-likeness (QED) is 0.160. The SMILES string of the molecule is Cc1cc2c(cc1N1c3cc4c(cc3B3c5oc6cc7c(cc6c5N(c5ccc(C(C)(C)C)cc5)c5cc(N(c6ccccc6)c6ccccc6)cc1c53)C(C)(C)CCC7(C)C)C(C)(C)CCC4(C)C)C(C)(C)CCC2(C)C. The topological polar surface area (TPSA) is 22.9 Å². The average molecular weight is 1030 g/mol. The van der Waals surface area contributed by atoms with Crippen LogP contribution in [0.5, 0.6) is 0 Å². The molecule has 3 heterocycles. The molecular formula is C73H82BN3O. The van der Waals surface area contributed by atoms with Gasteiger partial charge in [0.15, 0.2) is 0 Å². The van der Waals surface area contributed by atoms with Crippen molar-refractivity contribution in [3.63, 3.8) is 0 Å². The van der Waals surface area contributed by atoms with Crippen LogP contribution in [-0.2, 0) is 37.9 Å². The van der Waals surface area contributed by atoms with Crippen LogP contribution in [0, 0.1) is 6.92 Å². The summed E-state index contributed by atoms with van der Waals surface area (Å²) in [7, 11) is 0. The fourth-order valence-electron chi connectivity index (χ4n) is 14.9. The molecule has 0 bridgehead atoms. The van der Waals surface area contributed by atoms with Crippen molar-refractivity contribution in [2.24, 2.45) is 0 Å². The first-order valence-electron chi connectivity index (χ1n) is 29.4. The van der Waals surface area contributed by atoms with Crippen molar-refractivity contribution in [1.29, 1.82) is 0 Å². The number of nitrogens with zero attached hydrogens (tertiary/aromatic N) is 3. The molecule has 0 fully saturated rings. The zero-order valence-electron chi connectivity index (χ0n) is 49.8. The molecule has 5 heteroatoms. The molecule has 8 aromatic rings. The third-order valence-electron chi connectivity index (χ3n) is 20.3. The first-order chi connectivity index (χ1) is 36.7. The molecule has 2 aliphatic heterocycles. The highest BCUT2D eigenvalue weighted by molar-refractivity contribution is 7.00. The number of benzene rings is 7. The summed E-state index contributed by atoms with van der Waals surface area (Å²) in [6, 6.07) is 52.1. The molecule has 7 aromatic carbocycles. The predicted molar refractivity (Wildman–Crippen MR) is 334 cm³/mol. The highest BCUT2D eigenvalue weighted by atomic mass is 16.3. The average Bonchev–Trinajstić information content (AvgIpc) is 3.85. The Morgan fingerprint density at radius 2 is 0.885 bits per heavy atom. The van der Waals surface area contributed by atoms with Crippen LogP contribution in [-0.4, -0.2) is 6.71 Å². The lowest BCUT2D eigenvalue weighted by atomic mass is 9.35. The van der Waals surface area contributed by atoms with Gasteiger partial charge in [-0.15, -0.1) is 0 Å². The van der Waals surface area contributed by atoms with Crippen LogP contribution in [0.2, 0.25) is 0 Å². The molecule has 0 N–H and O–H groups in total. The summed E-state index contributed by atoms with van der Waals surface area (Å²) >= 11 is 0. The van der Waals surface area contributed by atoms with E-state index in [0.29, 0.717) is 0 Å². The second-order valence-corrected chi connectivity index (χ2v) is 29.5. The molecule has 398 valence electrons. The van der Waals surface area contributed by atoms with Gasteiger partial charge >= 0.3 is 0 Å². The van der Waals surface area contributed by atoms with Crippen molar-refractivity contribution in [2.75, 3.05) is 14.7 Å². The fourth-order valence-corrected chi connectivity index (χ4v) is 14.9. The van der Waals surface area contributed by atoms with Gasteiger partial charge in [-0.2, -0.15) is 0 Å². The standard InChI is InChI=1S/C73H82BN3O/c1-45-37-52-55(71(11,12)34-31-68(52,5)6)42-59(45)77-60-43-56-54(70(9,10)33-35-72(56,13)14)41-58(60)74-64-61(38-50(39-62(64)77)75(47-23-19-17-20-24-47)48-25-21-18-22-26-48)76(49-29-27-46(28-30-49)67(2,3)4)65-51-40-53-57(44-63(51)78-66(65)74)73(15,16)36-32-69(53,7)8/h17-30,37-44H,31-36H2,1-16H3. The molecule has 13 rings (SSSR count). The Balaban J connectivity index is 1.22. The van der Waals surface area contributed by atoms with Gasteiger partial charge in [-0.3, -0.25) is 0 Å². The van der Waals surface area contributed by atoms with Crippen LogP contribution in [0.4, 0.5) is 51.2 Å². The summed E-state index contributed by atoms with van der Waals surface area (Å²) in [5.74, 6) is 0. The number of para-hydroxylation sites is 2. The van der Waals surface area contributed by atoms with Crippen molar-refractivity contribution in [2.45, 2.75) is 187 Å². The van der Waals surface area contributed by atoms with Crippen LogP contribution < -0.4 is 31.3 Å². The van der Waals surface area contributed by atoms with Crippen LogP contribution in [0.1, 0.15) is 187 Å². The third kappa shape index (κ3) is 7.66. The summed E-state index contributed by atoms with van der Waals surface area (Å²) in [6.07, 6.45) is 6.88. The first kappa shape index (κ1) is 51.0. The van der Waals surface area contributed by atoms with E-state index in [-0.39, 0.29) is 44.6 Å². The number of furan rings is 1. The maximum Gasteiger partial charge on any atom is 0.297 e. The van der Waals surface area contributed by atoms with Crippen LogP contribution in [0.25, 0.3) is 11.0 Å². The van der Waals surface area contributed by atoms with Gasteiger partial charge in [0.2, 0.25) is 0 Å². The van der Waals surface area contributed by atoms with E-state index in [1.807, 2.05) is 0 Å². The van der Waals surface area contributed by atoms with E-state index in [1.54, 1.807) is 0 Å².